The Morgan fingerprint density at radius 3 is 3.15 bits per heavy atom. The second-order valence-electron chi connectivity index (χ2n) is 3.25. The molecule has 0 aliphatic carbocycles. The van der Waals surface area contributed by atoms with E-state index in [4.69, 9.17) is 0 Å². The first-order valence-electron chi connectivity index (χ1n) is 4.44. The van der Waals surface area contributed by atoms with Gasteiger partial charge in [-0.05, 0) is 30.2 Å². The van der Waals surface area contributed by atoms with Crippen molar-refractivity contribution in [3.8, 4) is 0 Å². The fourth-order valence-electron chi connectivity index (χ4n) is 1.83. The van der Waals surface area contributed by atoms with Crippen LogP contribution in [0.5, 0.6) is 0 Å². The van der Waals surface area contributed by atoms with Gasteiger partial charge in [0.2, 0.25) is 0 Å². The van der Waals surface area contributed by atoms with Crippen LogP contribution in [0.15, 0.2) is 22.7 Å². The smallest absolute Gasteiger partial charge is 0.0627 e. The molecule has 2 rings (SSSR count). The Bertz CT molecular complexity index is 314. The third-order valence-electron chi connectivity index (χ3n) is 2.46. The molecule has 0 aromatic heterocycles. The average molecular weight is 242 g/mol. The summed E-state index contributed by atoms with van der Waals surface area (Å²) in [4.78, 5) is 0. The van der Waals surface area contributed by atoms with Crippen LogP contribution >= 0.6 is 15.9 Å². The molecule has 70 valence electrons. The quantitative estimate of drug-likeness (QED) is 0.784. The summed E-state index contributed by atoms with van der Waals surface area (Å²) in [6.45, 7) is 1.12. The fourth-order valence-corrected chi connectivity index (χ4v) is 2.51. The fraction of sp³-hybridized carbons (Fsp3) is 0.400. The summed E-state index contributed by atoms with van der Waals surface area (Å²) >= 11 is 3.51. The van der Waals surface area contributed by atoms with Crippen molar-refractivity contribution in [2.45, 2.75) is 12.5 Å². The van der Waals surface area contributed by atoms with Gasteiger partial charge in [-0.15, -0.1) is 0 Å². The van der Waals surface area contributed by atoms with Crippen LogP contribution in [0.1, 0.15) is 17.2 Å². The maximum atomic E-state index is 9.18. The largest absolute Gasteiger partial charge is 0.394 e. The van der Waals surface area contributed by atoms with Gasteiger partial charge in [0.05, 0.1) is 12.6 Å². The van der Waals surface area contributed by atoms with E-state index in [2.05, 4.69) is 27.3 Å². The Balaban J connectivity index is 2.47. The molecule has 0 radical (unpaired) electrons. The molecule has 2 nitrogen and oxygen atoms in total. The molecule has 2 N–H and O–H groups in total. The Kier molecular flexibility index (Phi) is 2.67. The van der Waals surface area contributed by atoms with Gasteiger partial charge in [-0.1, -0.05) is 28.1 Å². The molecule has 3 heteroatoms. The molecule has 1 aliphatic rings. The molecular weight excluding hydrogens is 230 g/mol. The van der Waals surface area contributed by atoms with Gasteiger partial charge < -0.3 is 10.4 Å². The van der Waals surface area contributed by atoms with Crippen LogP contribution in [0.3, 0.4) is 0 Å². The van der Waals surface area contributed by atoms with Crippen LogP contribution < -0.4 is 5.32 Å². The molecule has 1 heterocycles. The molecule has 1 aliphatic heterocycles. The van der Waals surface area contributed by atoms with E-state index in [1.807, 2.05) is 12.1 Å². The van der Waals surface area contributed by atoms with E-state index >= 15 is 0 Å². The molecular formula is C10H12BrNO. The zero-order chi connectivity index (χ0) is 9.26. The second-order valence-corrected chi connectivity index (χ2v) is 4.11. The van der Waals surface area contributed by atoms with Gasteiger partial charge >= 0.3 is 0 Å². The topological polar surface area (TPSA) is 32.3 Å². The normalized spacial score (nSPS) is 21.2. The van der Waals surface area contributed by atoms with Crippen LogP contribution in [0.25, 0.3) is 0 Å². The van der Waals surface area contributed by atoms with Gasteiger partial charge in [-0.3, -0.25) is 0 Å². The first-order valence-corrected chi connectivity index (χ1v) is 5.23. The number of rotatable bonds is 1. The molecule has 0 amide bonds. The van der Waals surface area contributed by atoms with Crippen LogP contribution in [0, 0.1) is 0 Å². The van der Waals surface area contributed by atoms with E-state index in [0.717, 1.165) is 17.4 Å². The summed E-state index contributed by atoms with van der Waals surface area (Å²) < 4.78 is 1.09. The molecule has 0 saturated carbocycles. The zero-order valence-corrected chi connectivity index (χ0v) is 8.84. The lowest BCUT2D eigenvalue weighted by Gasteiger charge is -2.26. The van der Waals surface area contributed by atoms with E-state index in [1.54, 1.807) is 0 Å². The molecule has 1 atom stereocenters. The number of aliphatic hydroxyl groups is 1. The van der Waals surface area contributed by atoms with Crippen LogP contribution in [0.2, 0.25) is 0 Å². The lowest BCUT2D eigenvalue weighted by atomic mass is 9.95. The molecule has 0 bridgehead atoms. The van der Waals surface area contributed by atoms with Gasteiger partial charge in [0.25, 0.3) is 0 Å². The minimum Gasteiger partial charge on any atom is -0.394 e. The predicted molar refractivity (Wildman–Crippen MR) is 55.7 cm³/mol. The van der Waals surface area contributed by atoms with Gasteiger partial charge in [-0.2, -0.15) is 0 Å². The number of hydrogen-bond donors (Lipinski definition) is 2. The highest BCUT2D eigenvalue weighted by molar-refractivity contribution is 9.10. The molecule has 0 fully saturated rings. The Morgan fingerprint density at radius 2 is 2.38 bits per heavy atom. The van der Waals surface area contributed by atoms with Crippen molar-refractivity contribution in [1.29, 1.82) is 0 Å². The van der Waals surface area contributed by atoms with E-state index in [1.165, 1.54) is 11.1 Å². The number of halogens is 1. The third-order valence-corrected chi connectivity index (χ3v) is 3.15. The Hall–Kier alpha value is -0.380. The van der Waals surface area contributed by atoms with Crippen molar-refractivity contribution < 1.29 is 5.11 Å². The second kappa shape index (κ2) is 3.78. The lowest BCUT2D eigenvalue weighted by Crippen LogP contribution is -2.32. The van der Waals surface area contributed by atoms with E-state index in [0.29, 0.717) is 0 Å². The molecule has 1 aromatic rings. The molecule has 0 spiro atoms. The summed E-state index contributed by atoms with van der Waals surface area (Å²) in [6.07, 6.45) is 1.05. The van der Waals surface area contributed by atoms with Crippen LogP contribution in [0.4, 0.5) is 0 Å². The van der Waals surface area contributed by atoms with Crippen LogP contribution in [-0.2, 0) is 6.42 Å². The van der Waals surface area contributed by atoms with Gasteiger partial charge in [0.15, 0.2) is 0 Å². The SMILES string of the molecule is OCC1NCCc2cccc(Br)c21. The number of nitrogens with one attached hydrogen (secondary N) is 1. The number of fused-ring (bicyclic) bond motifs is 1. The monoisotopic (exact) mass is 241 g/mol. The molecule has 13 heavy (non-hydrogen) atoms. The third kappa shape index (κ3) is 1.64. The van der Waals surface area contributed by atoms with Crippen molar-refractivity contribution >= 4 is 15.9 Å². The van der Waals surface area contributed by atoms with Gasteiger partial charge in [-0.25, -0.2) is 0 Å². The maximum Gasteiger partial charge on any atom is 0.0627 e. The zero-order valence-electron chi connectivity index (χ0n) is 7.26. The van der Waals surface area contributed by atoms with Crippen molar-refractivity contribution in [3.63, 3.8) is 0 Å². The first-order chi connectivity index (χ1) is 6.33. The van der Waals surface area contributed by atoms with E-state index < -0.39 is 0 Å². The minimum atomic E-state index is 0.0966. The molecule has 1 unspecified atom stereocenters. The number of benzene rings is 1. The minimum absolute atomic E-state index is 0.0966. The molecule has 1 aromatic carbocycles. The first kappa shape index (κ1) is 9.19. The maximum absolute atomic E-state index is 9.18. The summed E-state index contributed by atoms with van der Waals surface area (Å²) in [5, 5.41) is 12.5. The summed E-state index contributed by atoms with van der Waals surface area (Å²) in [6, 6.07) is 6.29. The molecule has 0 saturated heterocycles. The van der Waals surface area contributed by atoms with E-state index in [-0.39, 0.29) is 12.6 Å². The van der Waals surface area contributed by atoms with Crippen LogP contribution in [-0.4, -0.2) is 18.3 Å². The van der Waals surface area contributed by atoms with Gasteiger partial charge in [0.1, 0.15) is 0 Å². The lowest BCUT2D eigenvalue weighted by molar-refractivity contribution is 0.239. The Morgan fingerprint density at radius 1 is 1.54 bits per heavy atom. The summed E-state index contributed by atoms with van der Waals surface area (Å²) in [7, 11) is 0. The van der Waals surface area contributed by atoms with Crippen molar-refractivity contribution in [1.82, 2.24) is 5.32 Å². The highest BCUT2D eigenvalue weighted by Crippen LogP contribution is 2.29. The van der Waals surface area contributed by atoms with Crippen molar-refractivity contribution in [3.05, 3.63) is 33.8 Å². The van der Waals surface area contributed by atoms with E-state index in [9.17, 15) is 5.11 Å². The highest BCUT2D eigenvalue weighted by atomic mass is 79.9. The standard InChI is InChI=1S/C10H12BrNO/c11-8-3-1-2-7-4-5-12-9(6-13)10(7)8/h1-3,9,12-13H,4-6H2. The predicted octanol–water partition coefficient (Wildman–Crippen LogP) is 1.63. The number of hydrogen-bond acceptors (Lipinski definition) is 2. The van der Waals surface area contributed by atoms with Crippen molar-refractivity contribution in [2.75, 3.05) is 13.2 Å². The highest BCUT2D eigenvalue weighted by Gasteiger charge is 2.20. The Labute approximate surface area is 86.1 Å². The summed E-state index contributed by atoms with van der Waals surface area (Å²) in [5.41, 5.74) is 2.56. The number of aliphatic hydroxyl groups excluding tert-OH is 1. The van der Waals surface area contributed by atoms with Gasteiger partial charge in [0, 0.05) is 4.47 Å². The van der Waals surface area contributed by atoms with Crippen molar-refractivity contribution in [2.24, 2.45) is 0 Å². The average Bonchev–Trinajstić information content (AvgIpc) is 2.17. The summed E-state index contributed by atoms with van der Waals surface area (Å²) in [5.74, 6) is 0.